The Morgan fingerprint density at radius 3 is 2.12 bits per heavy atom. The Morgan fingerprint density at radius 2 is 1.50 bits per heavy atom. The Morgan fingerprint density at radius 1 is 0.885 bits per heavy atom. The van der Waals surface area contributed by atoms with Crippen LogP contribution in [0.4, 0.5) is 0 Å². The van der Waals surface area contributed by atoms with Gasteiger partial charge < -0.3 is 15.6 Å². The highest BCUT2D eigenvalue weighted by Crippen LogP contribution is 2.32. The SMILES string of the molecule is COc1cccc(C=N[C@H](c2ccccc2)[C@H](N)c2ccccc2)c1O. The second-order valence-corrected chi connectivity index (χ2v) is 5.97. The second kappa shape index (κ2) is 8.32. The van der Waals surface area contributed by atoms with Gasteiger partial charge in [0.15, 0.2) is 11.5 Å². The third-order valence-electron chi connectivity index (χ3n) is 4.29. The van der Waals surface area contributed by atoms with Crippen molar-refractivity contribution in [3.8, 4) is 11.5 Å². The van der Waals surface area contributed by atoms with Crippen molar-refractivity contribution >= 4 is 6.21 Å². The molecule has 3 aromatic carbocycles. The summed E-state index contributed by atoms with van der Waals surface area (Å²) in [6.45, 7) is 0. The van der Waals surface area contributed by atoms with Gasteiger partial charge in [-0.05, 0) is 23.3 Å². The maximum atomic E-state index is 10.3. The third kappa shape index (κ3) is 3.92. The maximum Gasteiger partial charge on any atom is 0.166 e. The molecule has 0 bridgehead atoms. The highest BCUT2D eigenvalue weighted by Gasteiger charge is 2.20. The molecule has 0 amide bonds. The zero-order chi connectivity index (χ0) is 18.4. The van der Waals surface area contributed by atoms with Gasteiger partial charge >= 0.3 is 0 Å². The minimum absolute atomic E-state index is 0.0684. The smallest absolute Gasteiger partial charge is 0.166 e. The van der Waals surface area contributed by atoms with E-state index in [-0.39, 0.29) is 17.8 Å². The van der Waals surface area contributed by atoms with Crippen LogP contribution in [-0.2, 0) is 0 Å². The van der Waals surface area contributed by atoms with E-state index in [0.717, 1.165) is 11.1 Å². The van der Waals surface area contributed by atoms with Gasteiger partial charge in [0, 0.05) is 11.8 Å². The van der Waals surface area contributed by atoms with E-state index in [1.807, 2.05) is 66.7 Å². The van der Waals surface area contributed by atoms with Gasteiger partial charge in [-0.15, -0.1) is 0 Å². The van der Waals surface area contributed by atoms with Gasteiger partial charge in [0.1, 0.15) is 0 Å². The first-order chi connectivity index (χ1) is 12.7. The summed E-state index contributed by atoms with van der Waals surface area (Å²) in [5.74, 6) is 0.483. The minimum Gasteiger partial charge on any atom is -0.504 e. The number of hydrogen-bond acceptors (Lipinski definition) is 4. The average molecular weight is 346 g/mol. The first kappa shape index (κ1) is 17.7. The number of rotatable bonds is 6. The monoisotopic (exact) mass is 346 g/mol. The number of phenolic OH excluding ortho intramolecular Hbond substituents is 1. The number of para-hydroxylation sites is 1. The molecule has 0 aliphatic heterocycles. The van der Waals surface area contributed by atoms with Crippen LogP contribution in [-0.4, -0.2) is 18.4 Å². The van der Waals surface area contributed by atoms with E-state index in [1.54, 1.807) is 18.3 Å². The van der Waals surface area contributed by atoms with Gasteiger partial charge in [0.05, 0.1) is 19.2 Å². The van der Waals surface area contributed by atoms with Gasteiger partial charge in [-0.1, -0.05) is 66.7 Å². The van der Waals surface area contributed by atoms with Crippen molar-refractivity contribution in [3.05, 3.63) is 95.6 Å². The predicted octanol–water partition coefficient (Wildman–Crippen LogP) is 4.26. The fourth-order valence-corrected chi connectivity index (χ4v) is 2.86. The molecule has 0 unspecified atom stereocenters. The summed E-state index contributed by atoms with van der Waals surface area (Å²) in [5, 5.41) is 10.3. The first-order valence-corrected chi connectivity index (χ1v) is 8.45. The van der Waals surface area contributed by atoms with Crippen molar-refractivity contribution < 1.29 is 9.84 Å². The quantitative estimate of drug-likeness (QED) is 0.655. The normalized spacial score (nSPS) is 13.5. The summed E-state index contributed by atoms with van der Waals surface area (Å²) in [5.41, 5.74) is 9.14. The molecule has 0 aliphatic rings. The number of methoxy groups -OCH3 is 1. The van der Waals surface area contributed by atoms with Crippen LogP contribution in [0.3, 0.4) is 0 Å². The molecule has 3 rings (SSSR count). The summed E-state index contributed by atoms with van der Waals surface area (Å²) < 4.78 is 5.16. The van der Waals surface area contributed by atoms with E-state index in [9.17, 15) is 5.11 Å². The largest absolute Gasteiger partial charge is 0.504 e. The van der Waals surface area contributed by atoms with Crippen molar-refractivity contribution in [2.75, 3.05) is 7.11 Å². The van der Waals surface area contributed by atoms with E-state index >= 15 is 0 Å². The molecule has 0 aliphatic carbocycles. The molecule has 3 aromatic rings. The molecule has 0 heterocycles. The van der Waals surface area contributed by atoms with Crippen LogP contribution < -0.4 is 10.5 Å². The topological polar surface area (TPSA) is 67.8 Å². The van der Waals surface area contributed by atoms with Gasteiger partial charge in [-0.2, -0.15) is 0 Å². The fourth-order valence-electron chi connectivity index (χ4n) is 2.86. The summed E-state index contributed by atoms with van der Waals surface area (Å²) in [4.78, 5) is 4.71. The molecule has 0 fully saturated rings. The van der Waals surface area contributed by atoms with Gasteiger partial charge in [0.25, 0.3) is 0 Å². The zero-order valence-corrected chi connectivity index (χ0v) is 14.6. The molecule has 0 aromatic heterocycles. The summed E-state index contributed by atoms with van der Waals surface area (Å²) in [6.07, 6.45) is 1.65. The number of nitrogens with zero attached hydrogens (tertiary/aromatic N) is 1. The van der Waals surface area contributed by atoms with E-state index < -0.39 is 0 Å². The molecule has 4 nitrogen and oxygen atoms in total. The molecular weight excluding hydrogens is 324 g/mol. The predicted molar refractivity (Wildman–Crippen MR) is 105 cm³/mol. The number of aromatic hydroxyl groups is 1. The molecule has 0 saturated carbocycles. The fraction of sp³-hybridized carbons (Fsp3) is 0.136. The molecule has 4 heteroatoms. The molecule has 3 N–H and O–H groups in total. The first-order valence-electron chi connectivity index (χ1n) is 8.45. The van der Waals surface area contributed by atoms with Gasteiger partial charge in [-0.25, -0.2) is 0 Å². The van der Waals surface area contributed by atoms with E-state index in [0.29, 0.717) is 11.3 Å². The van der Waals surface area contributed by atoms with Crippen LogP contribution in [0, 0.1) is 0 Å². The van der Waals surface area contributed by atoms with Crippen LogP contribution in [0.5, 0.6) is 11.5 Å². The summed E-state index contributed by atoms with van der Waals surface area (Å²) >= 11 is 0. The van der Waals surface area contributed by atoms with Gasteiger partial charge in [0.2, 0.25) is 0 Å². The van der Waals surface area contributed by atoms with Crippen molar-refractivity contribution in [1.82, 2.24) is 0 Å². The van der Waals surface area contributed by atoms with Crippen molar-refractivity contribution in [3.63, 3.8) is 0 Å². The average Bonchev–Trinajstić information content (AvgIpc) is 2.70. The van der Waals surface area contributed by atoms with Crippen molar-refractivity contribution in [2.24, 2.45) is 10.7 Å². The number of hydrogen-bond donors (Lipinski definition) is 2. The van der Waals surface area contributed by atoms with E-state index in [4.69, 9.17) is 15.5 Å². The van der Waals surface area contributed by atoms with Crippen LogP contribution in [0.2, 0.25) is 0 Å². The Labute approximate surface area is 153 Å². The lowest BCUT2D eigenvalue weighted by atomic mass is 9.94. The zero-order valence-electron chi connectivity index (χ0n) is 14.6. The summed E-state index contributed by atoms with van der Waals surface area (Å²) in [7, 11) is 1.52. The highest BCUT2D eigenvalue weighted by atomic mass is 16.5. The Hall–Kier alpha value is -3.11. The molecule has 0 radical (unpaired) electrons. The minimum atomic E-state index is -0.303. The molecule has 0 spiro atoms. The van der Waals surface area contributed by atoms with Crippen LogP contribution in [0.15, 0.2) is 83.9 Å². The Balaban J connectivity index is 1.97. The molecule has 2 atom stereocenters. The maximum absolute atomic E-state index is 10.3. The number of aliphatic imine (C=N–C) groups is 1. The number of benzene rings is 3. The Kier molecular flexibility index (Phi) is 5.66. The second-order valence-electron chi connectivity index (χ2n) is 5.97. The van der Waals surface area contributed by atoms with E-state index in [2.05, 4.69) is 0 Å². The standard InChI is InChI=1S/C22H22N2O2/c1-26-19-14-8-13-18(22(19)25)15-24-21(17-11-6-3-7-12-17)20(23)16-9-4-2-5-10-16/h2-15,20-21,25H,23H2,1H3/t20-,21-/m1/s1. The molecular formula is C22H22N2O2. The highest BCUT2D eigenvalue weighted by molar-refractivity contribution is 5.85. The molecule has 0 saturated heterocycles. The van der Waals surface area contributed by atoms with Crippen LogP contribution >= 0.6 is 0 Å². The molecule has 26 heavy (non-hydrogen) atoms. The van der Waals surface area contributed by atoms with Crippen molar-refractivity contribution in [2.45, 2.75) is 12.1 Å². The third-order valence-corrected chi connectivity index (χ3v) is 4.29. The van der Waals surface area contributed by atoms with Crippen molar-refractivity contribution in [1.29, 1.82) is 0 Å². The van der Waals surface area contributed by atoms with E-state index in [1.165, 1.54) is 7.11 Å². The lowest BCUT2D eigenvalue weighted by molar-refractivity contribution is 0.373. The van der Waals surface area contributed by atoms with Crippen LogP contribution in [0.1, 0.15) is 28.8 Å². The number of phenols is 1. The van der Waals surface area contributed by atoms with Crippen LogP contribution in [0.25, 0.3) is 0 Å². The summed E-state index contributed by atoms with van der Waals surface area (Å²) in [6, 6.07) is 24.6. The molecule has 132 valence electrons. The number of nitrogens with two attached hydrogens (primary N) is 1. The lowest BCUT2D eigenvalue weighted by Crippen LogP contribution is -2.18. The Bertz CT molecular complexity index is 864. The number of ether oxygens (including phenoxy) is 1. The van der Waals surface area contributed by atoms with Gasteiger partial charge in [-0.3, -0.25) is 4.99 Å². The lowest BCUT2D eigenvalue weighted by Gasteiger charge is -2.21.